The second kappa shape index (κ2) is 11.6. The van der Waals surface area contributed by atoms with Gasteiger partial charge < -0.3 is 25.2 Å². The molecule has 0 spiro atoms. The van der Waals surface area contributed by atoms with Gasteiger partial charge in [-0.3, -0.25) is 14.4 Å². The van der Waals surface area contributed by atoms with Crippen LogP contribution in [0, 0.1) is 5.82 Å². The van der Waals surface area contributed by atoms with Crippen LogP contribution in [0.2, 0.25) is 5.02 Å². The van der Waals surface area contributed by atoms with Gasteiger partial charge in [0.1, 0.15) is 23.1 Å². The van der Waals surface area contributed by atoms with Gasteiger partial charge in [-0.25, -0.2) is 4.39 Å². The van der Waals surface area contributed by atoms with E-state index in [-0.39, 0.29) is 18.7 Å². The highest BCUT2D eigenvalue weighted by Crippen LogP contribution is 2.38. The molecular formula is C27H25ClF4N4O4S. The molecule has 0 saturated heterocycles. The fourth-order valence-corrected chi connectivity index (χ4v) is 5.37. The molecule has 1 aromatic heterocycles. The van der Waals surface area contributed by atoms with Crippen molar-refractivity contribution in [2.75, 3.05) is 23.4 Å². The van der Waals surface area contributed by atoms with Gasteiger partial charge in [-0.1, -0.05) is 11.6 Å². The molecule has 3 aromatic rings. The maximum Gasteiger partial charge on any atom is 0.573 e. The zero-order valence-corrected chi connectivity index (χ0v) is 23.6. The first-order valence-corrected chi connectivity index (χ1v) is 13.4. The lowest BCUT2D eigenvalue weighted by molar-refractivity contribution is -0.274. The number of hydrogen-bond acceptors (Lipinski definition) is 6. The fraction of sp³-hybridized carbons (Fsp3) is 0.296. The molecule has 3 amide bonds. The summed E-state index contributed by atoms with van der Waals surface area (Å²) in [6.45, 7) is 2.80. The Labute approximate surface area is 241 Å². The van der Waals surface area contributed by atoms with E-state index in [1.54, 1.807) is 16.3 Å². The predicted molar refractivity (Wildman–Crippen MR) is 147 cm³/mol. The van der Waals surface area contributed by atoms with E-state index >= 15 is 0 Å². The number of ether oxygens (including phenoxy) is 1. The van der Waals surface area contributed by atoms with E-state index in [0.29, 0.717) is 21.3 Å². The third-order valence-electron chi connectivity index (χ3n) is 6.30. The monoisotopic (exact) mass is 612 g/mol. The van der Waals surface area contributed by atoms with Crippen molar-refractivity contribution < 1.29 is 36.7 Å². The number of rotatable bonds is 7. The Hall–Kier alpha value is -3.84. The fourth-order valence-electron chi connectivity index (χ4n) is 4.27. The molecule has 8 nitrogen and oxygen atoms in total. The molecular weight excluding hydrogens is 588 g/mol. The smallest absolute Gasteiger partial charge is 0.406 e. The minimum atomic E-state index is -4.88. The van der Waals surface area contributed by atoms with E-state index in [4.69, 9.17) is 11.6 Å². The quantitative estimate of drug-likeness (QED) is 0.359. The molecule has 1 aliphatic rings. The maximum absolute atomic E-state index is 14.2. The lowest BCUT2D eigenvalue weighted by Crippen LogP contribution is -2.60. The Balaban J connectivity index is 1.59. The number of nitrogens with zero attached hydrogens (tertiary/aromatic N) is 2. The van der Waals surface area contributed by atoms with E-state index in [0.717, 1.165) is 18.2 Å². The molecule has 0 bridgehead atoms. The summed E-state index contributed by atoms with van der Waals surface area (Å²) in [6.07, 6.45) is -4.92. The predicted octanol–water partition coefficient (Wildman–Crippen LogP) is 5.18. The number of fused-ring (bicyclic) bond motifs is 1. The molecule has 4 rings (SSSR count). The summed E-state index contributed by atoms with van der Waals surface area (Å²) in [5.41, 5.74) is -0.520. The van der Waals surface area contributed by atoms with Crippen molar-refractivity contribution in [1.82, 2.24) is 10.6 Å². The van der Waals surface area contributed by atoms with Gasteiger partial charge in [0, 0.05) is 17.6 Å². The van der Waals surface area contributed by atoms with E-state index < -0.39 is 47.2 Å². The summed E-state index contributed by atoms with van der Waals surface area (Å²) in [5.74, 6) is -2.76. The van der Waals surface area contributed by atoms with Crippen LogP contribution in [0.25, 0.3) is 0 Å². The molecule has 1 aliphatic heterocycles. The van der Waals surface area contributed by atoms with Crippen LogP contribution in [0.1, 0.15) is 18.7 Å². The maximum atomic E-state index is 14.2. The Morgan fingerprint density at radius 1 is 1.10 bits per heavy atom. The summed E-state index contributed by atoms with van der Waals surface area (Å²) in [7, 11) is 1.42. The molecule has 218 valence electrons. The molecule has 0 fully saturated rings. The van der Waals surface area contributed by atoms with Crippen LogP contribution in [0.15, 0.2) is 53.9 Å². The second-order valence-electron chi connectivity index (χ2n) is 9.75. The minimum absolute atomic E-state index is 0.0407. The van der Waals surface area contributed by atoms with Gasteiger partial charge in [-0.2, -0.15) is 0 Å². The van der Waals surface area contributed by atoms with E-state index in [2.05, 4.69) is 15.4 Å². The van der Waals surface area contributed by atoms with Crippen molar-refractivity contribution in [1.29, 1.82) is 0 Å². The van der Waals surface area contributed by atoms with Crippen molar-refractivity contribution >= 4 is 57.7 Å². The van der Waals surface area contributed by atoms with E-state index in [1.807, 2.05) is 0 Å². The molecule has 2 heterocycles. The van der Waals surface area contributed by atoms with Gasteiger partial charge in [0.15, 0.2) is 0 Å². The van der Waals surface area contributed by atoms with Gasteiger partial charge in [-0.15, -0.1) is 24.5 Å². The van der Waals surface area contributed by atoms with Crippen molar-refractivity contribution in [2.45, 2.75) is 38.2 Å². The largest absolute Gasteiger partial charge is 0.573 e. The minimum Gasteiger partial charge on any atom is -0.406 e. The standard InChI is InChI=1S/C27H25ClF4N4O4S/c1-26(2,34-23(37)13-22-18(28)10-11-41-22)25(39)33-19-14-36(16-5-7-17(8-6-16)40-27(30,31)32)20-9-4-15(29)12-21(20)35(3)24(19)38/h4-12,19H,13-14H2,1-3H3,(H,33,39)(H,34,37)/t19-/m1/s1. The first-order valence-electron chi connectivity index (χ1n) is 12.2. The number of likely N-dealkylation sites (N-methyl/N-ethyl adjacent to an activating group) is 1. The number of hydrogen-bond donors (Lipinski definition) is 2. The summed E-state index contributed by atoms with van der Waals surface area (Å²) in [6, 6.07) is 9.14. The number of halogens is 5. The molecule has 0 radical (unpaired) electrons. The van der Waals surface area contributed by atoms with Crippen molar-refractivity contribution in [3.8, 4) is 5.75 Å². The van der Waals surface area contributed by atoms with Crippen LogP contribution >= 0.6 is 22.9 Å². The number of amides is 3. The Morgan fingerprint density at radius 2 is 1.78 bits per heavy atom. The summed E-state index contributed by atoms with van der Waals surface area (Å²) < 4.78 is 56.1. The van der Waals surface area contributed by atoms with Crippen molar-refractivity contribution in [2.24, 2.45) is 0 Å². The first-order chi connectivity index (χ1) is 19.1. The average molecular weight is 613 g/mol. The molecule has 41 heavy (non-hydrogen) atoms. The van der Waals surface area contributed by atoms with Crippen molar-refractivity contribution in [3.05, 3.63) is 69.6 Å². The third-order valence-corrected chi connectivity index (χ3v) is 7.69. The first kappa shape index (κ1) is 30.1. The molecule has 2 N–H and O–H groups in total. The van der Waals surface area contributed by atoms with Gasteiger partial charge in [-0.05, 0) is 67.8 Å². The van der Waals surface area contributed by atoms with Crippen LogP contribution in [0.5, 0.6) is 5.75 Å². The number of anilines is 3. The third kappa shape index (κ3) is 7.09. The lowest BCUT2D eigenvalue weighted by Gasteiger charge is -2.30. The van der Waals surface area contributed by atoms with E-state index in [1.165, 1.54) is 61.4 Å². The highest BCUT2D eigenvalue weighted by Gasteiger charge is 2.38. The topological polar surface area (TPSA) is 91.0 Å². The summed E-state index contributed by atoms with van der Waals surface area (Å²) >= 11 is 7.37. The van der Waals surface area contributed by atoms with Gasteiger partial charge in [0.2, 0.25) is 11.8 Å². The molecule has 1 atom stereocenters. The Bertz CT molecular complexity index is 1460. The number of carbonyl (C=O) groups is 3. The number of carbonyl (C=O) groups excluding carboxylic acids is 3. The van der Waals surface area contributed by atoms with Crippen LogP contribution in [0.4, 0.5) is 34.6 Å². The molecule has 2 aromatic carbocycles. The normalized spacial score (nSPS) is 15.7. The molecule has 0 unspecified atom stereocenters. The number of thiophene rings is 1. The number of nitrogens with one attached hydrogen (secondary N) is 2. The highest BCUT2D eigenvalue weighted by atomic mass is 35.5. The lowest BCUT2D eigenvalue weighted by atomic mass is 10.0. The average Bonchev–Trinajstić information content (AvgIpc) is 3.24. The molecule has 0 aliphatic carbocycles. The molecule has 0 saturated carbocycles. The SMILES string of the molecule is CN1C(=O)[C@H](NC(=O)C(C)(C)NC(=O)Cc2sccc2Cl)CN(c2ccc(OC(F)(F)F)cc2)c2ccc(F)cc21. The Kier molecular flexibility index (Phi) is 8.50. The van der Waals surface area contributed by atoms with Crippen LogP contribution in [-0.2, 0) is 20.8 Å². The zero-order valence-electron chi connectivity index (χ0n) is 22.0. The summed E-state index contributed by atoms with van der Waals surface area (Å²) in [5, 5.41) is 7.50. The number of alkyl halides is 3. The Morgan fingerprint density at radius 3 is 2.39 bits per heavy atom. The van der Waals surface area contributed by atoms with Crippen molar-refractivity contribution in [3.63, 3.8) is 0 Å². The van der Waals surface area contributed by atoms with Gasteiger partial charge >= 0.3 is 6.36 Å². The van der Waals surface area contributed by atoms with Gasteiger partial charge in [0.05, 0.1) is 29.4 Å². The highest BCUT2D eigenvalue weighted by molar-refractivity contribution is 7.10. The van der Waals surface area contributed by atoms with Crippen LogP contribution < -0.4 is 25.2 Å². The number of benzene rings is 2. The van der Waals surface area contributed by atoms with Gasteiger partial charge in [0.25, 0.3) is 5.91 Å². The van der Waals surface area contributed by atoms with E-state index in [9.17, 15) is 31.9 Å². The molecule has 14 heteroatoms. The zero-order chi connectivity index (χ0) is 30.1. The summed E-state index contributed by atoms with van der Waals surface area (Å²) in [4.78, 5) is 42.8. The van der Waals surface area contributed by atoms with Crippen LogP contribution in [0.3, 0.4) is 0 Å². The second-order valence-corrected chi connectivity index (χ2v) is 11.2. The van der Waals surface area contributed by atoms with Crippen LogP contribution in [-0.4, -0.2) is 49.3 Å².